The van der Waals surface area contributed by atoms with Crippen LogP contribution in [-0.4, -0.2) is 29.6 Å². The van der Waals surface area contributed by atoms with Crippen molar-refractivity contribution in [3.8, 4) is 0 Å². The predicted octanol–water partition coefficient (Wildman–Crippen LogP) is 3.76. The van der Waals surface area contributed by atoms with Gasteiger partial charge in [0, 0.05) is 19.0 Å². The maximum absolute atomic E-state index is 12.9. The normalized spacial score (nSPS) is 14.1. The number of alkyl halides is 3. The van der Waals surface area contributed by atoms with Crippen molar-refractivity contribution in [2.75, 3.05) is 11.9 Å². The lowest BCUT2D eigenvalue weighted by atomic mass is 9.97. The minimum absolute atomic E-state index is 0.0692. The number of carbonyl (C=O) groups excluding carboxylic acids is 1. The molecule has 1 aromatic carbocycles. The predicted molar refractivity (Wildman–Crippen MR) is 92.7 cm³/mol. The largest absolute Gasteiger partial charge is 0.481 e. The number of nitrogens with one attached hydrogen (secondary N) is 2. The summed E-state index contributed by atoms with van der Waals surface area (Å²) in [4.78, 5) is 23.2. The second-order valence-electron chi connectivity index (χ2n) is 6.77. The van der Waals surface area contributed by atoms with Gasteiger partial charge < -0.3 is 15.7 Å². The minimum Gasteiger partial charge on any atom is -0.481 e. The highest BCUT2D eigenvalue weighted by atomic mass is 19.4. The maximum atomic E-state index is 12.9. The average Bonchev–Trinajstić information content (AvgIpc) is 2.50. The molecule has 1 aromatic rings. The minimum atomic E-state index is -4.56. The van der Waals surface area contributed by atoms with Gasteiger partial charge in [-0.25, -0.2) is 0 Å². The number of aliphatic carboxylic acids is 1. The molecule has 0 aliphatic carbocycles. The molecule has 0 radical (unpaired) electrons. The molecule has 0 aromatic heterocycles. The second-order valence-corrected chi connectivity index (χ2v) is 6.77. The molecule has 0 fully saturated rings. The fourth-order valence-electron chi connectivity index (χ4n) is 2.57. The highest BCUT2D eigenvalue weighted by Crippen LogP contribution is 2.34. The number of anilines is 1. The quantitative estimate of drug-likeness (QED) is 0.615. The Kier molecular flexibility index (Phi) is 8.08. The molecule has 0 saturated carbocycles. The molecule has 5 nitrogen and oxygen atoms in total. The van der Waals surface area contributed by atoms with Crippen molar-refractivity contribution in [1.82, 2.24) is 5.32 Å². The number of carboxylic acid groups (broad SMARTS) is 1. The Morgan fingerprint density at radius 1 is 1.15 bits per heavy atom. The van der Waals surface area contributed by atoms with Crippen LogP contribution in [0.3, 0.4) is 0 Å². The SMILES string of the molecule is CC(C)CC(CNC(C)CC(=O)Nc1ccccc1C(F)(F)F)C(=O)O. The molecule has 1 rings (SSSR count). The Hall–Kier alpha value is -2.09. The van der Waals surface area contributed by atoms with Crippen molar-refractivity contribution in [3.63, 3.8) is 0 Å². The Morgan fingerprint density at radius 2 is 1.77 bits per heavy atom. The molecule has 0 bridgehead atoms. The van der Waals surface area contributed by atoms with Crippen LogP contribution < -0.4 is 10.6 Å². The molecule has 0 heterocycles. The number of carboxylic acids is 1. The number of halogens is 3. The van der Waals surface area contributed by atoms with Crippen LogP contribution >= 0.6 is 0 Å². The van der Waals surface area contributed by atoms with Gasteiger partial charge in [-0.05, 0) is 31.4 Å². The number of hydrogen-bond acceptors (Lipinski definition) is 3. The zero-order chi connectivity index (χ0) is 19.9. The first-order chi connectivity index (χ1) is 12.0. The first kappa shape index (κ1) is 22.0. The molecule has 26 heavy (non-hydrogen) atoms. The Balaban J connectivity index is 2.59. The van der Waals surface area contributed by atoms with Gasteiger partial charge in [-0.3, -0.25) is 9.59 Å². The third-order valence-electron chi connectivity index (χ3n) is 3.82. The monoisotopic (exact) mass is 374 g/mol. The van der Waals surface area contributed by atoms with Gasteiger partial charge in [0.1, 0.15) is 0 Å². The van der Waals surface area contributed by atoms with Crippen LogP contribution in [0.5, 0.6) is 0 Å². The molecular weight excluding hydrogens is 349 g/mol. The average molecular weight is 374 g/mol. The zero-order valence-corrected chi connectivity index (χ0v) is 15.1. The number of rotatable bonds is 9. The summed E-state index contributed by atoms with van der Waals surface area (Å²) in [5.41, 5.74) is -1.20. The Labute approximate surface area is 151 Å². The van der Waals surface area contributed by atoms with Gasteiger partial charge in [0.2, 0.25) is 5.91 Å². The third-order valence-corrected chi connectivity index (χ3v) is 3.82. The molecule has 2 atom stereocenters. The summed E-state index contributed by atoms with van der Waals surface area (Å²) in [6, 6.07) is 4.39. The molecule has 0 aliphatic heterocycles. The number of para-hydroxylation sites is 1. The van der Waals surface area contributed by atoms with E-state index >= 15 is 0 Å². The third kappa shape index (κ3) is 7.43. The summed E-state index contributed by atoms with van der Waals surface area (Å²) in [7, 11) is 0. The van der Waals surface area contributed by atoms with Crippen LogP contribution in [0.2, 0.25) is 0 Å². The molecule has 0 spiro atoms. The molecule has 146 valence electrons. The van der Waals surface area contributed by atoms with Gasteiger partial charge >= 0.3 is 12.1 Å². The number of hydrogen-bond donors (Lipinski definition) is 3. The summed E-state index contributed by atoms with van der Waals surface area (Å²) in [6.07, 6.45) is -4.13. The topological polar surface area (TPSA) is 78.4 Å². The molecule has 1 amide bonds. The van der Waals surface area contributed by atoms with Crippen LogP contribution in [0.25, 0.3) is 0 Å². The highest BCUT2D eigenvalue weighted by molar-refractivity contribution is 5.92. The van der Waals surface area contributed by atoms with E-state index in [1.165, 1.54) is 18.2 Å². The van der Waals surface area contributed by atoms with Gasteiger partial charge in [-0.1, -0.05) is 26.0 Å². The zero-order valence-electron chi connectivity index (χ0n) is 15.1. The lowest BCUT2D eigenvalue weighted by molar-refractivity contribution is -0.142. The van der Waals surface area contributed by atoms with E-state index in [9.17, 15) is 27.9 Å². The fraction of sp³-hybridized carbons (Fsp3) is 0.556. The maximum Gasteiger partial charge on any atom is 0.418 e. The van der Waals surface area contributed by atoms with Crippen LogP contribution in [0.1, 0.15) is 39.2 Å². The first-order valence-electron chi connectivity index (χ1n) is 8.43. The number of benzene rings is 1. The van der Waals surface area contributed by atoms with Gasteiger partial charge in [0.15, 0.2) is 0 Å². The molecule has 8 heteroatoms. The molecule has 2 unspecified atom stereocenters. The highest BCUT2D eigenvalue weighted by Gasteiger charge is 2.33. The lowest BCUT2D eigenvalue weighted by Crippen LogP contribution is -2.37. The van der Waals surface area contributed by atoms with E-state index in [0.29, 0.717) is 6.42 Å². The molecule has 0 saturated heterocycles. The van der Waals surface area contributed by atoms with E-state index in [2.05, 4.69) is 10.6 Å². The fourth-order valence-corrected chi connectivity index (χ4v) is 2.57. The molecule has 3 N–H and O–H groups in total. The van der Waals surface area contributed by atoms with E-state index in [4.69, 9.17) is 0 Å². The number of amides is 1. The summed E-state index contributed by atoms with van der Waals surface area (Å²) in [5.74, 6) is -1.85. The van der Waals surface area contributed by atoms with Crippen molar-refractivity contribution in [1.29, 1.82) is 0 Å². The van der Waals surface area contributed by atoms with Gasteiger partial charge in [-0.15, -0.1) is 0 Å². The standard InChI is InChI=1S/C18H25F3N2O3/c1-11(2)8-13(17(25)26)10-22-12(3)9-16(24)23-15-7-5-4-6-14(15)18(19,20)21/h4-7,11-13,22H,8-10H2,1-3H3,(H,23,24)(H,25,26). The first-order valence-corrected chi connectivity index (χ1v) is 8.43. The van der Waals surface area contributed by atoms with E-state index in [0.717, 1.165) is 6.07 Å². The van der Waals surface area contributed by atoms with Crippen LogP contribution in [0.4, 0.5) is 18.9 Å². The van der Waals surface area contributed by atoms with Gasteiger partial charge in [0.05, 0.1) is 17.2 Å². The van der Waals surface area contributed by atoms with Crippen molar-refractivity contribution in [2.45, 2.75) is 45.8 Å². The van der Waals surface area contributed by atoms with Crippen LogP contribution in [0.15, 0.2) is 24.3 Å². The summed E-state index contributed by atoms with van der Waals surface area (Å²) >= 11 is 0. The van der Waals surface area contributed by atoms with E-state index in [1.807, 2.05) is 13.8 Å². The summed E-state index contributed by atoms with van der Waals surface area (Å²) < 4.78 is 38.8. The summed E-state index contributed by atoms with van der Waals surface area (Å²) in [5, 5.41) is 14.4. The second kappa shape index (κ2) is 9.56. The van der Waals surface area contributed by atoms with Crippen LogP contribution in [0, 0.1) is 11.8 Å². The van der Waals surface area contributed by atoms with E-state index < -0.39 is 29.5 Å². The Morgan fingerprint density at radius 3 is 2.31 bits per heavy atom. The van der Waals surface area contributed by atoms with Crippen molar-refractivity contribution in [3.05, 3.63) is 29.8 Å². The van der Waals surface area contributed by atoms with Crippen molar-refractivity contribution < 1.29 is 27.9 Å². The van der Waals surface area contributed by atoms with E-state index in [1.54, 1.807) is 6.92 Å². The van der Waals surface area contributed by atoms with E-state index in [-0.39, 0.29) is 30.6 Å². The van der Waals surface area contributed by atoms with Gasteiger partial charge in [-0.2, -0.15) is 13.2 Å². The smallest absolute Gasteiger partial charge is 0.418 e. The molecular formula is C18H25F3N2O3. The lowest BCUT2D eigenvalue weighted by Gasteiger charge is -2.19. The number of carbonyl (C=O) groups is 2. The molecule has 0 aliphatic rings. The summed E-state index contributed by atoms with van der Waals surface area (Å²) in [6.45, 7) is 5.72. The Bertz CT molecular complexity index is 618. The van der Waals surface area contributed by atoms with Crippen LogP contribution in [-0.2, 0) is 15.8 Å². The van der Waals surface area contributed by atoms with Crippen molar-refractivity contribution >= 4 is 17.6 Å². The van der Waals surface area contributed by atoms with Gasteiger partial charge in [0.25, 0.3) is 0 Å². The van der Waals surface area contributed by atoms with Crippen molar-refractivity contribution in [2.24, 2.45) is 11.8 Å².